The van der Waals surface area contributed by atoms with Gasteiger partial charge >= 0.3 is 0 Å². The molecule has 16 heavy (non-hydrogen) atoms. The number of rotatable bonds is 3. The van der Waals surface area contributed by atoms with E-state index in [4.69, 9.17) is 11.6 Å². The zero-order valence-electron chi connectivity index (χ0n) is 8.70. The quantitative estimate of drug-likeness (QED) is 0.763. The van der Waals surface area contributed by atoms with Crippen molar-refractivity contribution in [2.45, 2.75) is 6.42 Å². The summed E-state index contributed by atoms with van der Waals surface area (Å²) in [5.74, 6) is 0.0466. The fourth-order valence-electron chi connectivity index (χ4n) is 1.47. The highest BCUT2D eigenvalue weighted by atomic mass is 35.5. The van der Waals surface area contributed by atoms with E-state index < -0.39 is 0 Å². The van der Waals surface area contributed by atoms with Gasteiger partial charge in [-0.1, -0.05) is 18.2 Å². The van der Waals surface area contributed by atoms with Crippen LogP contribution < -0.4 is 0 Å². The predicted molar refractivity (Wildman–Crippen MR) is 68.9 cm³/mol. The summed E-state index contributed by atoms with van der Waals surface area (Å²) in [5.41, 5.74) is 0.633. The molecule has 3 nitrogen and oxygen atoms in total. The summed E-state index contributed by atoms with van der Waals surface area (Å²) < 4.78 is 0. The van der Waals surface area contributed by atoms with Gasteiger partial charge in [0.25, 0.3) is 5.91 Å². The van der Waals surface area contributed by atoms with E-state index in [9.17, 15) is 4.79 Å². The predicted octanol–water partition coefficient (Wildman–Crippen LogP) is 3.14. The maximum Gasteiger partial charge on any atom is 0.264 e. The smallest absolute Gasteiger partial charge is 0.264 e. The molecule has 1 amide bonds. The molecule has 0 unspecified atom stereocenters. The van der Waals surface area contributed by atoms with Crippen molar-refractivity contribution in [2.24, 2.45) is 4.99 Å². The third-order valence-corrected chi connectivity index (χ3v) is 3.96. The number of nitrogens with zero attached hydrogens (tertiary/aromatic N) is 2. The van der Waals surface area contributed by atoms with Gasteiger partial charge in [-0.2, -0.15) is 0 Å². The second kappa shape index (κ2) is 4.39. The number of thiophene rings is 1. The lowest BCUT2D eigenvalue weighted by atomic mass is 10.2. The molecular formula is C11H11ClN2OS. The maximum absolute atomic E-state index is 11.9. The van der Waals surface area contributed by atoms with E-state index in [1.165, 1.54) is 11.3 Å². The first-order valence-electron chi connectivity index (χ1n) is 4.88. The lowest BCUT2D eigenvalue weighted by Crippen LogP contribution is -2.41. The number of carbonyl (C=O) groups excluding carboxylic acids is 1. The fraction of sp³-hybridized carbons (Fsp3) is 0.273. The summed E-state index contributed by atoms with van der Waals surface area (Å²) in [4.78, 5) is 19.0. The largest absolute Gasteiger partial charge is 0.338 e. The molecule has 0 aliphatic carbocycles. The Morgan fingerprint density at radius 2 is 2.25 bits per heavy atom. The summed E-state index contributed by atoms with van der Waals surface area (Å²) in [5, 5.41) is 0.398. The Balaban J connectivity index is 2.31. The van der Waals surface area contributed by atoms with E-state index in [0.717, 1.165) is 24.4 Å². The summed E-state index contributed by atoms with van der Waals surface area (Å²) in [6.07, 6.45) is 1.08. The van der Waals surface area contributed by atoms with Crippen molar-refractivity contribution in [1.82, 2.24) is 4.90 Å². The lowest BCUT2D eigenvalue weighted by Gasteiger charge is -2.30. The third-order valence-electron chi connectivity index (χ3n) is 2.48. The number of hydrogen-bond donors (Lipinski definition) is 0. The van der Waals surface area contributed by atoms with Crippen molar-refractivity contribution in [3.63, 3.8) is 0 Å². The van der Waals surface area contributed by atoms with Crippen molar-refractivity contribution in [2.75, 3.05) is 13.1 Å². The van der Waals surface area contributed by atoms with Gasteiger partial charge in [-0.3, -0.25) is 9.79 Å². The highest BCUT2D eigenvalue weighted by Crippen LogP contribution is 2.36. The van der Waals surface area contributed by atoms with Gasteiger partial charge in [-0.15, -0.1) is 11.3 Å². The number of carbonyl (C=O) groups is 1. The standard InChI is InChI=1S/C11H11ClN2OS/c1-7(12)10-8(13-2)6-9(16-10)11(15)14-4-3-5-14/h6H,1-5H2. The molecule has 0 saturated carbocycles. The normalized spacial score (nSPS) is 14.4. The van der Waals surface area contributed by atoms with Crippen LogP contribution in [0.2, 0.25) is 0 Å². The lowest BCUT2D eigenvalue weighted by molar-refractivity contribution is 0.0657. The SMILES string of the molecule is C=Nc1cc(C(=O)N2CCC2)sc1C(=C)Cl. The van der Waals surface area contributed by atoms with Crippen LogP contribution >= 0.6 is 22.9 Å². The molecule has 1 fully saturated rings. The molecule has 1 aromatic rings. The number of likely N-dealkylation sites (tertiary alicyclic amines) is 1. The molecule has 0 spiro atoms. The molecular weight excluding hydrogens is 244 g/mol. The Morgan fingerprint density at radius 1 is 1.56 bits per heavy atom. The summed E-state index contributed by atoms with van der Waals surface area (Å²) in [6.45, 7) is 8.78. The van der Waals surface area contributed by atoms with E-state index in [1.54, 1.807) is 11.0 Å². The molecule has 2 heterocycles. The molecule has 0 atom stereocenters. The van der Waals surface area contributed by atoms with Crippen molar-refractivity contribution in [3.05, 3.63) is 22.4 Å². The number of aliphatic imine (C=N–C) groups is 1. The first-order valence-corrected chi connectivity index (χ1v) is 6.07. The minimum absolute atomic E-state index is 0.0466. The maximum atomic E-state index is 11.9. The summed E-state index contributed by atoms with van der Waals surface area (Å²) in [6, 6.07) is 1.72. The average molecular weight is 255 g/mol. The molecule has 0 radical (unpaired) electrons. The molecule has 0 N–H and O–H groups in total. The highest BCUT2D eigenvalue weighted by molar-refractivity contribution is 7.16. The fourth-order valence-corrected chi connectivity index (χ4v) is 2.63. The monoisotopic (exact) mass is 254 g/mol. The van der Waals surface area contributed by atoms with Gasteiger partial charge in [0.1, 0.15) is 0 Å². The minimum Gasteiger partial charge on any atom is -0.338 e. The summed E-state index contributed by atoms with van der Waals surface area (Å²) in [7, 11) is 0. The highest BCUT2D eigenvalue weighted by Gasteiger charge is 2.24. The Bertz CT molecular complexity index is 463. The first kappa shape index (κ1) is 11.4. The van der Waals surface area contributed by atoms with Crippen LogP contribution in [0.3, 0.4) is 0 Å². The number of amides is 1. The zero-order chi connectivity index (χ0) is 11.7. The van der Waals surface area contributed by atoms with Gasteiger partial charge in [0.2, 0.25) is 0 Å². The van der Waals surface area contributed by atoms with Crippen LogP contribution in [0, 0.1) is 0 Å². The third kappa shape index (κ3) is 1.90. The van der Waals surface area contributed by atoms with Crippen LogP contribution in [-0.4, -0.2) is 30.6 Å². The van der Waals surface area contributed by atoms with E-state index in [1.807, 2.05) is 0 Å². The molecule has 84 valence electrons. The van der Waals surface area contributed by atoms with Crippen molar-refractivity contribution in [1.29, 1.82) is 0 Å². The number of hydrogen-bond acceptors (Lipinski definition) is 3. The Morgan fingerprint density at radius 3 is 2.62 bits per heavy atom. The van der Waals surface area contributed by atoms with Crippen LogP contribution in [0.15, 0.2) is 17.6 Å². The van der Waals surface area contributed by atoms with Crippen molar-refractivity contribution >= 4 is 46.3 Å². The molecule has 5 heteroatoms. The second-order valence-electron chi connectivity index (χ2n) is 3.53. The Kier molecular flexibility index (Phi) is 3.12. The minimum atomic E-state index is 0.0466. The van der Waals surface area contributed by atoms with E-state index in [2.05, 4.69) is 18.3 Å². The topological polar surface area (TPSA) is 32.7 Å². The van der Waals surface area contributed by atoms with Crippen molar-refractivity contribution < 1.29 is 4.79 Å². The van der Waals surface area contributed by atoms with Gasteiger partial charge in [0.05, 0.1) is 20.5 Å². The van der Waals surface area contributed by atoms with Gasteiger partial charge in [-0.25, -0.2) is 0 Å². The molecule has 1 saturated heterocycles. The van der Waals surface area contributed by atoms with Crippen LogP contribution in [-0.2, 0) is 0 Å². The zero-order valence-corrected chi connectivity index (χ0v) is 10.3. The average Bonchev–Trinajstić information content (AvgIpc) is 2.58. The molecule has 1 aromatic heterocycles. The van der Waals surface area contributed by atoms with Crippen LogP contribution in [0.5, 0.6) is 0 Å². The Labute approximate surface area is 103 Å². The van der Waals surface area contributed by atoms with Crippen molar-refractivity contribution in [3.8, 4) is 0 Å². The van der Waals surface area contributed by atoms with Gasteiger partial charge < -0.3 is 4.90 Å². The second-order valence-corrected chi connectivity index (χ2v) is 5.04. The van der Waals surface area contributed by atoms with Crippen LogP contribution in [0.25, 0.3) is 5.03 Å². The van der Waals surface area contributed by atoms with Gasteiger partial charge in [0, 0.05) is 13.1 Å². The molecule has 0 bridgehead atoms. The van der Waals surface area contributed by atoms with Gasteiger partial charge in [0.15, 0.2) is 0 Å². The molecule has 2 rings (SSSR count). The molecule has 1 aliphatic rings. The molecule has 1 aliphatic heterocycles. The van der Waals surface area contributed by atoms with Gasteiger partial charge in [-0.05, 0) is 19.2 Å². The van der Waals surface area contributed by atoms with Crippen LogP contribution in [0.4, 0.5) is 5.69 Å². The molecule has 0 aromatic carbocycles. The van der Waals surface area contributed by atoms with E-state index in [-0.39, 0.29) is 5.91 Å². The van der Waals surface area contributed by atoms with E-state index >= 15 is 0 Å². The number of halogens is 1. The Hall–Kier alpha value is -1.13. The van der Waals surface area contributed by atoms with Crippen LogP contribution in [0.1, 0.15) is 21.0 Å². The first-order chi connectivity index (χ1) is 7.63. The van der Waals surface area contributed by atoms with E-state index in [0.29, 0.717) is 15.6 Å². The summed E-state index contributed by atoms with van der Waals surface area (Å²) >= 11 is 7.16.